The molecule has 0 saturated carbocycles. The summed E-state index contributed by atoms with van der Waals surface area (Å²) in [6.45, 7) is 10.0. The molecule has 4 nitrogen and oxygen atoms in total. The number of hydrogen-bond donors (Lipinski definition) is 1. The summed E-state index contributed by atoms with van der Waals surface area (Å²) >= 11 is 0. The highest BCUT2D eigenvalue weighted by atomic mass is 16.5. The summed E-state index contributed by atoms with van der Waals surface area (Å²) in [6, 6.07) is 7.96. The molecule has 19 heavy (non-hydrogen) atoms. The van der Waals surface area contributed by atoms with Crippen molar-refractivity contribution in [3.8, 4) is 0 Å². The summed E-state index contributed by atoms with van der Waals surface area (Å²) in [5.74, 6) is 0. The van der Waals surface area contributed by atoms with Gasteiger partial charge < -0.3 is 15.0 Å². The molecule has 106 valence electrons. The van der Waals surface area contributed by atoms with Crippen LogP contribution < -0.4 is 5.32 Å². The first-order chi connectivity index (χ1) is 9.15. The maximum absolute atomic E-state index is 11.5. The molecule has 0 fully saturated rings. The largest absolute Gasteiger partial charge is 0.445 e. The van der Waals surface area contributed by atoms with Crippen LogP contribution in [-0.2, 0) is 11.3 Å². The number of carbonyl (C=O) groups is 1. The van der Waals surface area contributed by atoms with Crippen LogP contribution in [0.1, 0.15) is 25.0 Å². The molecule has 1 N–H and O–H groups in total. The Morgan fingerprint density at radius 3 is 2.42 bits per heavy atom. The van der Waals surface area contributed by atoms with Gasteiger partial charge in [-0.1, -0.05) is 43.7 Å². The number of nitrogens with zero attached hydrogens (tertiary/aromatic N) is 1. The molecule has 0 radical (unpaired) electrons. The average molecular weight is 264 g/mol. The lowest BCUT2D eigenvalue weighted by molar-refractivity contribution is 0.138. The molecule has 0 atom stereocenters. The van der Waals surface area contributed by atoms with Gasteiger partial charge in [0.15, 0.2) is 0 Å². The van der Waals surface area contributed by atoms with Gasteiger partial charge in [0.25, 0.3) is 0 Å². The second-order valence-corrected chi connectivity index (χ2v) is 4.52. The molecule has 0 aliphatic heterocycles. The van der Waals surface area contributed by atoms with Crippen LogP contribution in [0.2, 0.25) is 0 Å². The predicted molar refractivity (Wildman–Crippen MR) is 77.2 cm³/mol. The molecule has 0 heterocycles. The zero-order valence-corrected chi connectivity index (χ0v) is 12.1. The number of nitrogens with one attached hydrogen (secondary N) is 1. The standard InChI is InChI=1S/C15H24N2O2/c1-4-17(5-2)11-10-16-15(18)19-12-14-8-6-13(3)7-9-14/h6-9H,4-5,10-12H2,1-3H3,(H,16,18). The number of amides is 1. The van der Waals surface area contributed by atoms with Crippen molar-refractivity contribution in [2.24, 2.45) is 0 Å². The number of aryl methyl sites for hydroxylation is 1. The molecule has 0 unspecified atom stereocenters. The van der Waals surface area contributed by atoms with Gasteiger partial charge in [-0.15, -0.1) is 0 Å². The molecule has 0 spiro atoms. The highest BCUT2D eigenvalue weighted by Gasteiger charge is 2.03. The number of ether oxygens (including phenoxy) is 1. The minimum absolute atomic E-state index is 0.317. The number of likely N-dealkylation sites (N-methyl/N-ethyl adjacent to an activating group) is 1. The molecule has 0 bridgehead atoms. The second kappa shape index (κ2) is 8.53. The van der Waals surface area contributed by atoms with Crippen molar-refractivity contribution in [2.45, 2.75) is 27.4 Å². The Hall–Kier alpha value is -1.55. The molecular formula is C15H24N2O2. The van der Waals surface area contributed by atoms with E-state index in [1.807, 2.05) is 31.2 Å². The van der Waals surface area contributed by atoms with E-state index in [1.54, 1.807) is 0 Å². The topological polar surface area (TPSA) is 41.6 Å². The number of alkyl carbamates (subject to hydrolysis) is 1. The van der Waals surface area contributed by atoms with Crippen LogP contribution in [0, 0.1) is 6.92 Å². The van der Waals surface area contributed by atoms with Gasteiger partial charge in [0.2, 0.25) is 0 Å². The highest BCUT2D eigenvalue weighted by Crippen LogP contribution is 2.04. The number of carbonyl (C=O) groups excluding carboxylic acids is 1. The first kappa shape index (κ1) is 15.5. The lowest BCUT2D eigenvalue weighted by atomic mass is 10.2. The fraction of sp³-hybridized carbons (Fsp3) is 0.533. The molecule has 0 aliphatic carbocycles. The van der Waals surface area contributed by atoms with Crippen LogP contribution in [-0.4, -0.2) is 37.2 Å². The monoisotopic (exact) mass is 264 g/mol. The van der Waals surface area contributed by atoms with Crippen LogP contribution in [0.15, 0.2) is 24.3 Å². The van der Waals surface area contributed by atoms with Crippen LogP contribution in [0.5, 0.6) is 0 Å². The third kappa shape index (κ3) is 6.25. The van der Waals surface area contributed by atoms with Crippen LogP contribution in [0.4, 0.5) is 4.79 Å². The minimum Gasteiger partial charge on any atom is -0.445 e. The molecule has 1 amide bonds. The maximum Gasteiger partial charge on any atom is 0.407 e. The van der Waals surface area contributed by atoms with Crippen LogP contribution in [0.25, 0.3) is 0 Å². The summed E-state index contributed by atoms with van der Waals surface area (Å²) in [5.41, 5.74) is 2.21. The predicted octanol–water partition coefficient (Wildman–Crippen LogP) is 2.56. The number of benzene rings is 1. The Balaban J connectivity index is 2.19. The molecule has 1 aromatic rings. The molecule has 1 rings (SSSR count). The summed E-state index contributed by atoms with van der Waals surface area (Å²) in [7, 11) is 0. The van der Waals surface area contributed by atoms with E-state index in [0.29, 0.717) is 13.2 Å². The lowest BCUT2D eigenvalue weighted by Crippen LogP contribution is -2.35. The van der Waals surface area contributed by atoms with Crippen molar-refractivity contribution in [2.75, 3.05) is 26.2 Å². The zero-order valence-electron chi connectivity index (χ0n) is 12.1. The quantitative estimate of drug-likeness (QED) is 0.823. The normalized spacial score (nSPS) is 10.5. The van der Waals surface area contributed by atoms with Gasteiger partial charge >= 0.3 is 6.09 Å². The third-order valence-corrected chi connectivity index (χ3v) is 3.08. The van der Waals surface area contributed by atoms with E-state index in [0.717, 1.165) is 25.2 Å². The highest BCUT2D eigenvalue weighted by molar-refractivity contribution is 5.67. The van der Waals surface area contributed by atoms with Gasteiger partial charge in [-0.05, 0) is 25.6 Å². The Labute approximate surface area is 115 Å². The van der Waals surface area contributed by atoms with Crippen molar-refractivity contribution in [3.63, 3.8) is 0 Å². The van der Waals surface area contributed by atoms with E-state index in [9.17, 15) is 4.79 Å². The van der Waals surface area contributed by atoms with E-state index in [1.165, 1.54) is 5.56 Å². The fourth-order valence-electron chi connectivity index (χ4n) is 1.74. The minimum atomic E-state index is -0.354. The Morgan fingerprint density at radius 2 is 1.84 bits per heavy atom. The summed E-state index contributed by atoms with van der Waals surface area (Å²) in [5, 5.41) is 2.76. The van der Waals surface area contributed by atoms with Crippen molar-refractivity contribution >= 4 is 6.09 Å². The van der Waals surface area contributed by atoms with E-state index >= 15 is 0 Å². The van der Waals surface area contributed by atoms with Gasteiger partial charge in [0, 0.05) is 13.1 Å². The van der Waals surface area contributed by atoms with Crippen molar-refractivity contribution in [3.05, 3.63) is 35.4 Å². The molecule has 0 aromatic heterocycles. The maximum atomic E-state index is 11.5. The Bertz CT molecular complexity index is 372. The number of hydrogen-bond acceptors (Lipinski definition) is 3. The Kier molecular flexibility index (Phi) is 6.97. The fourth-order valence-corrected chi connectivity index (χ4v) is 1.74. The molecular weight excluding hydrogens is 240 g/mol. The van der Waals surface area contributed by atoms with E-state index in [2.05, 4.69) is 24.1 Å². The molecule has 1 aromatic carbocycles. The SMILES string of the molecule is CCN(CC)CCNC(=O)OCc1ccc(C)cc1. The second-order valence-electron chi connectivity index (χ2n) is 4.52. The van der Waals surface area contributed by atoms with Gasteiger partial charge in [-0.2, -0.15) is 0 Å². The van der Waals surface area contributed by atoms with Crippen LogP contribution >= 0.6 is 0 Å². The molecule has 0 saturated heterocycles. The van der Waals surface area contributed by atoms with Gasteiger partial charge in [-0.25, -0.2) is 4.79 Å². The summed E-state index contributed by atoms with van der Waals surface area (Å²) in [4.78, 5) is 13.7. The Morgan fingerprint density at radius 1 is 1.21 bits per heavy atom. The van der Waals surface area contributed by atoms with Crippen molar-refractivity contribution in [1.82, 2.24) is 10.2 Å². The van der Waals surface area contributed by atoms with E-state index in [-0.39, 0.29) is 6.09 Å². The van der Waals surface area contributed by atoms with Gasteiger partial charge in [0.1, 0.15) is 6.61 Å². The van der Waals surface area contributed by atoms with E-state index in [4.69, 9.17) is 4.74 Å². The molecule has 0 aliphatic rings. The first-order valence-electron chi connectivity index (χ1n) is 6.84. The smallest absolute Gasteiger partial charge is 0.407 e. The van der Waals surface area contributed by atoms with Gasteiger partial charge in [0.05, 0.1) is 0 Å². The van der Waals surface area contributed by atoms with Gasteiger partial charge in [-0.3, -0.25) is 0 Å². The van der Waals surface area contributed by atoms with Crippen molar-refractivity contribution < 1.29 is 9.53 Å². The van der Waals surface area contributed by atoms with Crippen LogP contribution in [0.3, 0.4) is 0 Å². The lowest BCUT2D eigenvalue weighted by Gasteiger charge is -2.17. The zero-order chi connectivity index (χ0) is 14.1. The summed E-state index contributed by atoms with van der Waals surface area (Å²) < 4.78 is 5.15. The average Bonchev–Trinajstić information content (AvgIpc) is 2.43. The van der Waals surface area contributed by atoms with Crippen molar-refractivity contribution in [1.29, 1.82) is 0 Å². The summed E-state index contributed by atoms with van der Waals surface area (Å²) in [6.07, 6.45) is -0.354. The molecule has 4 heteroatoms. The number of rotatable bonds is 7. The first-order valence-corrected chi connectivity index (χ1v) is 6.84. The third-order valence-electron chi connectivity index (χ3n) is 3.08. The van der Waals surface area contributed by atoms with E-state index < -0.39 is 0 Å².